The molecule has 1 aromatic carbocycles. The fourth-order valence-electron chi connectivity index (χ4n) is 2.86. The number of likely N-dealkylation sites (tertiary alicyclic amines) is 1. The molecule has 1 saturated heterocycles. The van der Waals surface area contributed by atoms with Gasteiger partial charge in [0, 0.05) is 19.1 Å². The molecule has 1 aromatic heterocycles. The molecule has 7 heteroatoms. The third-order valence-corrected chi connectivity index (χ3v) is 5.28. The first-order valence-electron chi connectivity index (χ1n) is 7.69. The van der Waals surface area contributed by atoms with Crippen LogP contribution in [0.5, 0.6) is 0 Å². The second kappa shape index (κ2) is 7.86. The first-order valence-corrected chi connectivity index (χ1v) is 8.82. The van der Waals surface area contributed by atoms with Gasteiger partial charge < -0.3 is 5.32 Å². The monoisotopic (exact) mass is 372 g/mol. The van der Waals surface area contributed by atoms with Crippen LogP contribution in [0, 0.1) is 0 Å². The van der Waals surface area contributed by atoms with E-state index in [1.165, 1.54) is 5.56 Å². The van der Waals surface area contributed by atoms with E-state index in [-0.39, 0.29) is 0 Å². The highest BCUT2D eigenvalue weighted by Crippen LogP contribution is 2.24. The molecule has 2 aromatic rings. The highest BCUT2D eigenvalue weighted by atomic mass is 35.5. The minimum atomic E-state index is 0.513. The summed E-state index contributed by atoms with van der Waals surface area (Å²) in [6.07, 6.45) is 3.87. The van der Waals surface area contributed by atoms with Crippen LogP contribution in [0.1, 0.15) is 24.1 Å². The smallest absolute Gasteiger partial charge is 0.0828 e. The van der Waals surface area contributed by atoms with Gasteiger partial charge in [-0.05, 0) is 43.6 Å². The Labute approximate surface area is 151 Å². The summed E-state index contributed by atoms with van der Waals surface area (Å²) in [7, 11) is 0. The zero-order valence-corrected chi connectivity index (χ0v) is 14.9. The third kappa shape index (κ3) is 4.61. The molecule has 1 aliphatic rings. The number of halogens is 3. The Morgan fingerprint density at radius 3 is 2.57 bits per heavy atom. The standard InChI is InChI=1S/C16H19Cl3N4/c17-13-2-1-11(7-14(13)18)10-23-5-3-12(4-6-23)20-9-16-15(19)8-21-22-16/h1-2,7-8,12,20H,3-6,9-10H2,(H,21,22). The lowest BCUT2D eigenvalue weighted by Gasteiger charge is -2.32. The average Bonchev–Trinajstić information content (AvgIpc) is 2.95. The van der Waals surface area contributed by atoms with Crippen LogP contribution in [-0.2, 0) is 13.1 Å². The summed E-state index contributed by atoms with van der Waals surface area (Å²) in [4.78, 5) is 2.45. The first-order chi connectivity index (χ1) is 11.1. The van der Waals surface area contributed by atoms with Crippen LogP contribution in [0.25, 0.3) is 0 Å². The van der Waals surface area contributed by atoms with Crippen LogP contribution in [0.2, 0.25) is 15.1 Å². The Bertz CT molecular complexity index is 651. The molecule has 4 nitrogen and oxygen atoms in total. The number of nitrogens with one attached hydrogen (secondary N) is 2. The summed E-state index contributed by atoms with van der Waals surface area (Å²) in [5.74, 6) is 0. The first kappa shape index (κ1) is 17.1. The maximum absolute atomic E-state index is 6.08. The number of aromatic amines is 1. The summed E-state index contributed by atoms with van der Waals surface area (Å²) in [6.45, 7) is 3.77. The summed E-state index contributed by atoms with van der Waals surface area (Å²) in [5.41, 5.74) is 2.15. The van der Waals surface area contributed by atoms with Crippen LogP contribution in [0.15, 0.2) is 24.4 Å². The molecule has 0 bridgehead atoms. The van der Waals surface area contributed by atoms with E-state index in [0.717, 1.165) is 44.7 Å². The van der Waals surface area contributed by atoms with Crippen LogP contribution in [-0.4, -0.2) is 34.2 Å². The van der Waals surface area contributed by atoms with Gasteiger partial charge >= 0.3 is 0 Å². The molecule has 0 amide bonds. The SMILES string of the molecule is Clc1ccc(CN2CCC(NCc3[nH]ncc3Cl)CC2)cc1Cl. The highest BCUT2D eigenvalue weighted by Gasteiger charge is 2.19. The molecule has 1 fully saturated rings. The van der Waals surface area contributed by atoms with E-state index in [9.17, 15) is 0 Å². The number of rotatable bonds is 5. The van der Waals surface area contributed by atoms with Crippen LogP contribution >= 0.6 is 34.8 Å². The number of piperidine rings is 1. The topological polar surface area (TPSA) is 44.0 Å². The minimum absolute atomic E-state index is 0.513. The molecule has 1 aliphatic heterocycles. The van der Waals surface area contributed by atoms with Crippen molar-refractivity contribution in [2.75, 3.05) is 13.1 Å². The summed E-state index contributed by atoms with van der Waals surface area (Å²) in [6, 6.07) is 6.37. The van der Waals surface area contributed by atoms with Gasteiger partial charge in [-0.2, -0.15) is 5.10 Å². The molecule has 0 radical (unpaired) electrons. The fraction of sp³-hybridized carbons (Fsp3) is 0.438. The molecule has 2 heterocycles. The molecular weight excluding hydrogens is 355 g/mol. The lowest BCUT2D eigenvalue weighted by Crippen LogP contribution is -2.41. The van der Waals surface area contributed by atoms with Crippen molar-refractivity contribution in [3.8, 4) is 0 Å². The van der Waals surface area contributed by atoms with Gasteiger partial charge in [-0.1, -0.05) is 40.9 Å². The van der Waals surface area contributed by atoms with Gasteiger partial charge in [0.25, 0.3) is 0 Å². The van der Waals surface area contributed by atoms with E-state index in [1.54, 1.807) is 6.20 Å². The van der Waals surface area contributed by atoms with Crippen LogP contribution in [0.3, 0.4) is 0 Å². The van der Waals surface area contributed by atoms with Crippen molar-refractivity contribution >= 4 is 34.8 Å². The molecule has 124 valence electrons. The number of hydrogen-bond acceptors (Lipinski definition) is 3. The second-order valence-electron chi connectivity index (χ2n) is 5.88. The zero-order chi connectivity index (χ0) is 16.2. The van der Waals surface area contributed by atoms with E-state index in [2.05, 4.69) is 20.4 Å². The van der Waals surface area contributed by atoms with Crippen molar-refractivity contribution in [2.24, 2.45) is 0 Å². The highest BCUT2D eigenvalue weighted by molar-refractivity contribution is 6.42. The van der Waals surface area contributed by atoms with E-state index >= 15 is 0 Å². The van der Waals surface area contributed by atoms with Crippen molar-refractivity contribution in [1.82, 2.24) is 20.4 Å². The number of H-pyrrole nitrogens is 1. The Kier molecular flexibility index (Phi) is 5.83. The van der Waals surface area contributed by atoms with Gasteiger partial charge in [0.1, 0.15) is 0 Å². The molecule has 0 aliphatic carbocycles. The molecule has 0 unspecified atom stereocenters. The molecular formula is C16H19Cl3N4. The lowest BCUT2D eigenvalue weighted by atomic mass is 10.0. The van der Waals surface area contributed by atoms with E-state index < -0.39 is 0 Å². The molecule has 0 atom stereocenters. The Morgan fingerprint density at radius 2 is 1.91 bits per heavy atom. The number of nitrogens with zero attached hydrogens (tertiary/aromatic N) is 2. The minimum Gasteiger partial charge on any atom is -0.308 e. The Balaban J connectivity index is 1.45. The van der Waals surface area contributed by atoms with Crippen LogP contribution in [0.4, 0.5) is 0 Å². The van der Waals surface area contributed by atoms with Crippen molar-refractivity contribution in [2.45, 2.75) is 32.0 Å². The lowest BCUT2D eigenvalue weighted by molar-refractivity contribution is 0.190. The van der Waals surface area contributed by atoms with Gasteiger partial charge in [-0.25, -0.2) is 0 Å². The zero-order valence-electron chi connectivity index (χ0n) is 12.7. The van der Waals surface area contributed by atoms with Gasteiger partial charge in [0.2, 0.25) is 0 Å². The van der Waals surface area contributed by atoms with Crippen molar-refractivity contribution in [3.63, 3.8) is 0 Å². The van der Waals surface area contributed by atoms with Crippen molar-refractivity contribution < 1.29 is 0 Å². The number of aromatic nitrogens is 2. The van der Waals surface area contributed by atoms with Crippen molar-refractivity contribution in [3.05, 3.63) is 50.7 Å². The maximum atomic E-state index is 6.08. The van der Waals surface area contributed by atoms with Crippen LogP contribution < -0.4 is 5.32 Å². The fourth-order valence-corrected chi connectivity index (χ4v) is 3.34. The predicted molar refractivity (Wildman–Crippen MR) is 95.2 cm³/mol. The van der Waals surface area contributed by atoms with Gasteiger partial charge in [0.15, 0.2) is 0 Å². The largest absolute Gasteiger partial charge is 0.308 e. The Hall–Kier alpha value is -0.780. The second-order valence-corrected chi connectivity index (χ2v) is 7.10. The van der Waals surface area contributed by atoms with Gasteiger partial charge in [-0.3, -0.25) is 10.00 Å². The molecule has 0 saturated carbocycles. The Morgan fingerprint density at radius 1 is 1.13 bits per heavy atom. The molecule has 3 rings (SSSR count). The van der Waals surface area contributed by atoms with E-state index in [4.69, 9.17) is 34.8 Å². The molecule has 0 spiro atoms. The van der Waals surface area contributed by atoms with Crippen molar-refractivity contribution in [1.29, 1.82) is 0 Å². The van der Waals surface area contributed by atoms with Gasteiger partial charge in [-0.15, -0.1) is 0 Å². The normalized spacial score (nSPS) is 16.8. The van der Waals surface area contributed by atoms with E-state index in [1.807, 2.05) is 18.2 Å². The summed E-state index contributed by atoms with van der Waals surface area (Å²) < 4.78 is 0. The maximum Gasteiger partial charge on any atom is 0.0828 e. The van der Waals surface area contributed by atoms with E-state index in [0.29, 0.717) is 21.1 Å². The average molecular weight is 374 g/mol. The van der Waals surface area contributed by atoms with Gasteiger partial charge in [0.05, 0.1) is 27.0 Å². The molecule has 23 heavy (non-hydrogen) atoms. The molecule has 2 N–H and O–H groups in total. The predicted octanol–water partition coefficient (Wildman–Crippen LogP) is 4.12. The quantitative estimate of drug-likeness (QED) is 0.828. The third-order valence-electron chi connectivity index (χ3n) is 4.21. The summed E-state index contributed by atoms with van der Waals surface area (Å²) >= 11 is 18.1. The number of benzene rings is 1. The summed E-state index contributed by atoms with van der Waals surface area (Å²) in [5, 5.41) is 12.3. The number of hydrogen-bond donors (Lipinski definition) is 2.